The molecule has 1 aliphatic carbocycles. The number of carboxylic acid groups (broad SMARTS) is 1. The summed E-state index contributed by atoms with van der Waals surface area (Å²) in [6.45, 7) is 5.14. The standard InChI is InChI=1S/C16H27NO6/c1-4-12(22-15(20)9(2)3)23-16(21)13(17)10-5-7-11(8-6-10)14(18)19/h9-13H,4-8,17H2,1-3H3,(H,18,19). The molecular formula is C16H27NO6. The van der Waals surface area contributed by atoms with Crippen molar-refractivity contribution in [2.75, 3.05) is 0 Å². The third kappa shape index (κ3) is 5.82. The van der Waals surface area contributed by atoms with E-state index in [1.807, 2.05) is 0 Å². The quantitative estimate of drug-likeness (QED) is 0.539. The van der Waals surface area contributed by atoms with Crippen molar-refractivity contribution >= 4 is 17.9 Å². The largest absolute Gasteiger partial charge is 0.481 e. The van der Waals surface area contributed by atoms with E-state index in [2.05, 4.69) is 0 Å². The molecule has 7 heteroatoms. The first-order valence-electron chi connectivity index (χ1n) is 8.15. The molecule has 1 saturated carbocycles. The van der Waals surface area contributed by atoms with E-state index in [4.69, 9.17) is 20.3 Å². The van der Waals surface area contributed by atoms with Gasteiger partial charge in [0.25, 0.3) is 0 Å². The Morgan fingerprint density at radius 1 is 1.09 bits per heavy atom. The summed E-state index contributed by atoms with van der Waals surface area (Å²) in [6, 6.07) is -0.823. The fourth-order valence-corrected chi connectivity index (χ4v) is 2.58. The Morgan fingerprint density at radius 2 is 1.61 bits per heavy atom. The molecule has 0 aromatic carbocycles. The molecule has 0 amide bonds. The monoisotopic (exact) mass is 329 g/mol. The minimum absolute atomic E-state index is 0.101. The number of hydrogen-bond acceptors (Lipinski definition) is 6. The highest BCUT2D eigenvalue weighted by Gasteiger charge is 2.34. The molecule has 2 unspecified atom stereocenters. The van der Waals surface area contributed by atoms with Crippen LogP contribution < -0.4 is 5.73 Å². The summed E-state index contributed by atoms with van der Waals surface area (Å²) < 4.78 is 10.3. The van der Waals surface area contributed by atoms with Crippen molar-refractivity contribution in [2.45, 2.75) is 65.2 Å². The van der Waals surface area contributed by atoms with Crippen molar-refractivity contribution in [1.82, 2.24) is 0 Å². The molecule has 1 fully saturated rings. The Labute approximate surface area is 136 Å². The molecule has 0 heterocycles. The first-order valence-corrected chi connectivity index (χ1v) is 8.15. The Kier molecular flexibility index (Phi) is 7.48. The molecule has 132 valence electrons. The molecule has 23 heavy (non-hydrogen) atoms. The first-order chi connectivity index (χ1) is 10.8. The average Bonchev–Trinajstić information content (AvgIpc) is 2.53. The number of aliphatic carboxylic acids is 1. The van der Waals surface area contributed by atoms with Crippen molar-refractivity contribution in [3.8, 4) is 0 Å². The van der Waals surface area contributed by atoms with Crippen molar-refractivity contribution in [1.29, 1.82) is 0 Å². The van der Waals surface area contributed by atoms with Gasteiger partial charge in [-0.1, -0.05) is 20.8 Å². The Bertz CT molecular complexity index is 428. The maximum atomic E-state index is 12.1. The fraction of sp³-hybridized carbons (Fsp3) is 0.812. The Morgan fingerprint density at radius 3 is 2.04 bits per heavy atom. The molecule has 0 aliphatic heterocycles. The second-order valence-electron chi connectivity index (χ2n) is 6.34. The minimum Gasteiger partial charge on any atom is -0.481 e. The fourth-order valence-electron chi connectivity index (χ4n) is 2.58. The van der Waals surface area contributed by atoms with Gasteiger partial charge in [0.1, 0.15) is 6.04 Å². The summed E-state index contributed by atoms with van der Waals surface area (Å²) in [5.74, 6) is -2.59. The summed E-state index contributed by atoms with van der Waals surface area (Å²) in [4.78, 5) is 34.6. The van der Waals surface area contributed by atoms with Gasteiger partial charge in [-0.25, -0.2) is 0 Å². The first kappa shape index (κ1) is 19.4. The lowest BCUT2D eigenvalue weighted by Crippen LogP contribution is -2.43. The molecule has 1 rings (SSSR count). The van der Waals surface area contributed by atoms with E-state index in [1.54, 1.807) is 20.8 Å². The summed E-state index contributed by atoms with van der Waals surface area (Å²) in [6.07, 6.45) is 1.61. The van der Waals surface area contributed by atoms with Crippen LogP contribution in [0.1, 0.15) is 52.9 Å². The van der Waals surface area contributed by atoms with Gasteiger partial charge < -0.3 is 20.3 Å². The molecule has 7 nitrogen and oxygen atoms in total. The van der Waals surface area contributed by atoms with E-state index in [1.165, 1.54) is 0 Å². The zero-order chi connectivity index (χ0) is 17.6. The number of rotatable bonds is 7. The van der Waals surface area contributed by atoms with Gasteiger partial charge in [-0.15, -0.1) is 0 Å². The van der Waals surface area contributed by atoms with Gasteiger partial charge in [-0.2, -0.15) is 0 Å². The van der Waals surface area contributed by atoms with Crippen molar-refractivity contribution < 1.29 is 29.0 Å². The molecule has 1 aliphatic rings. The van der Waals surface area contributed by atoms with Crippen LogP contribution in [0.5, 0.6) is 0 Å². The summed E-state index contributed by atoms with van der Waals surface area (Å²) in [5.41, 5.74) is 5.94. The highest BCUT2D eigenvalue weighted by Crippen LogP contribution is 2.31. The molecule has 0 saturated heterocycles. The number of hydrogen-bond donors (Lipinski definition) is 2. The summed E-state index contributed by atoms with van der Waals surface area (Å²) >= 11 is 0. The smallest absolute Gasteiger partial charge is 0.326 e. The predicted octanol–water partition coefficient (Wildman–Crippen LogP) is 1.68. The highest BCUT2D eigenvalue weighted by molar-refractivity contribution is 5.77. The van der Waals surface area contributed by atoms with Gasteiger partial charge in [0.05, 0.1) is 11.8 Å². The zero-order valence-electron chi connectivity index (χ0n) is 14.0. The van der Waals surface area contributed by atoms with Gasteiger partial charge in [0.15, 0.2) is 0 Å². The van der Waals surface area contributed by atoms with Crippen LogP contribution >= 0.6 is 0 Å². The molecule has 0 radical (unpaired) electrons. The number of ether oxygens (including phenoxy) is 2. The minimum atomic E-state index is -0.932. The van der Waals surface area contributed by atoms with Crippen LogP contribution in [0, 0.1) is 17.8 Å². The number of carboxylic acids is 1. The second-order valence-corrected chi connectivity index (χ2v) is 6.34. The maximum absolute atomic E-state index is 12.1. The molecular weight excluding hydrogens is 302 g/mol. The van der Waals surface area contributed by atoms with E-state index in [0.29, 0.717) is 32.1 Å². The Hall–Kier alpha value is -1.63. The highest BCUT2D eigenvalue weighted by atomic mass is 16.7. The van der Waals surface area contributed by atoms with Crippen molar-refractivity contribution in [2.24, 2.45) is 23.5 Å². The zero-order valence-corrected chi connectivity index (χ0v) is 14.0. The molecule has 0 bridgehead atoms. The maximum Gasteiger partial charge on any atom is 0.326 e. The normalized spacial score (nSPS) is 23.9. The number of carbonyl (C=O) groups excluding carboxylic acids is 2. The third-order valence-corrected chi connectivity index (χ3v) is 4.20. The van der Waals surface area contributed by atoms with Gasteiger partial charge >= 0.3 is 17.9 Å². The third-order valence-electron chi connectivity index (χ3n) is 4.20. The van der Waals surface area contributed by atoms with Gasteiger partial charge in [-0.05, 0) is 31.6 Å². The lowest BCUT2D eigenvalue weighted by molar-refractivity contribution is -0.192. The molecule has 0 spiro atoms. The van der Waals surface area contributed by atoms with Crippen LogP contribution in [0.15, 0.2) is 0 Å². The van der Waals surface area contributed by atoms with Gasteiger partial charge in [0, 0.05) is 6.42 Å². The number of esters is 2. The molecule has 2 atom stereocenters. The SMILES string of the molecule is CCC(OC(=O)C(C)C)OC(=O)C(N)C1CCC(C(=O)O)CC1. The average molecular weight is 329 g/mol. The van der Waals surface area contributed by atoms with E-state index in [-0.39, 0.29) is 17.8 Å². The second kappa shape index (κ2) is 8.86. The molecule has 0 aromatic heterocycles. The van der Waals surface area contributed by atoms with Crippen LogP contribution in [0.2, 0.25) is 0 Å². The van der Waals surface area contributed by atoms with E-state index in [9.17, 15) is 14.4 Å². The number of nitrogens with two attached hydrogens (primary N) is 1. The van der Waals surface area contributed by atoms with Crippen LogP contribution in [0.3, 0.4) is 0 Å². The van der Waals surface area contributed by atoms with Crippen LogP contribution in [-0.4, -0.2) is 35.3 Å². The lowest BCUT2D eigenvalue weighted by Gasteiger charge is -2.30. The van der Waals surface area contributed by atoms with Crippen LogP contribution in [-0.2, 0) is 23.9 Å². The van der Waals surface area contributed by atoms with Crippen LogP contribution in [0.4, 0.5) is 0 Å². The topological polar surface area (TPSA) is 116 Å². The van der Waals surface area contributed by atoms with Crippen LogP contribution in [0.25, 0.3) is 0 Å². The van der Waals surface area contributed by atoms with E-state index >= 15 is 0 Å². The molecule has 0 aromatic rings. The van der Waals surface area contributed by atoms with E-state index in [0.717, 1.165) is 0 Å². The Balaban J connectivity index is 2.49. The van der Waals surface area contributed by atoms with Crippen molar-refractivity contribution in [3.63, 3.8) is 0 Å². The summed E-state index contributed by atoms with van der Waals surface area (Å²) in [5, 5.41) is 8.98. The lowest BCUT2D eigenvalue weighted by atomic mass is 9.79. The van der Waals surface area contributed by atoms with Gasteiger partial charge in [0.2, 0.25) is 6.29 Å². The van der Waals surface area contributed by atoms with Crippen molar-refractivity contribution in [3.05, 3.63) is 0 Å². The van der Waals surface area contributed by atoms with E-state index < -0.39 is 30.2 Å². The van der Waals surface area contributed by atoms with Gasteiger partial charge in [-0.3, -0.25) is 14.4 Å². The predicted molar refractivity (Wildman–Crippen MR) is 82.2 cm³/mol. The number of carbonyl (C=O) groups is 3. The molecule has 3 N–H and O–H groups in total. The summed E-state index contributed by atoms with van der Waals surface area (Å²) in [7, 11) is 0.